The van der Waals surface area contributed by atoms with Crippen LogP contribution in [-0.2, 0) is 9.53 Å². The number of ether oxygens (including phenoxy) is 1. The zero-order valence-corrected chi connectivity index (χ0v) is 11.9. The van der Waals surface area contributed by atoms with E-state index in [1.807, 2.05) is 25.1 Å². The summed E-state index contributed by atoms with van der Waals surface area (Å²) in [5.41, 5.74) is 6.36. The molecule has 0 spiro atoms. The summed E-state index contributed by atoms with van der Waals surface area (Å²) in [5.74, 6) is -0.220. The Labute approximate surface area is 118 Å². The molecular formula is C12H18Cl2N2O2. The lowest BCUT2D eigenvalue weighted by Gasteiger charge is -2.18. The van der Waals surface area contributed by atoms with Crippen LogP contribution in [0.25, 0.3) is 0 Å². The van der Waals surface area contributed by atoms with Crippen LogP contribution in [0.1, 0.15) is 18.5 Å². The van der Waals surface area contributed by atoms with Crippen molar-refractivity contribution in [2.75, 3.05) is 13.7 Å². The molecule has 0 aliphatic heterocycles. The van der Waals surface area contributed by atoms with E-state index in [1.54, 1.807) is 6.07 Å². The molecule has 0 radical (unpaired) electrons. The molecule has 1 aromatic rings. The van der Waals surface area contributed by atoms with Crippen LogP contribution in [0.2, 0.25) is 5.02 Å². The van der Waals surface area contributed by atoms with E-state index in [4.69, 9.17) is 22.1 Å². The number of nitrogens with one attached hydrogen (secondary N) is 1. The molecule has 102 valence electrons. The van der Waals surface area contributed by atoms with Gasteiger partial charge in [-0.3, -0.25) is 4.79 Å². The zero-order chi connectivity index (χ0) is 12.8. The van der Waals surface area contributed by atoms with Crippen molar-refractivity contribution in [2.24, 2.45) is 5.73 Å². The van der Waals surface area contributed by atoms with Gasteiger partial charge in [-0.1, -0.05) is 23.7 Å². The van der Waals surface area contributed by atoms with Gasteiger partial charge in [-0.15, -0.1) is 12.4 Å². The summed E-state index contributed by atoms with van der Waals surface area (Å²) in [7, 11) is 1.46. The van der Waals surface area contributed by atoms with Crippen LogP contribution in [0.3, 0.4) is 0 Å². The predicted octanol–water partition coefficient (Wildman–Crippen LogP) is 1.91. The Kier molecular flexibility index (Phi) is 7.95. The summed E-state index contributed by atoms with van der Waals surface area (Å²) in [6.45, 7) is 2.04. The van der Waals surface area contributed by atoms with Crippen molar-refractivity contribution >= 4 is 29.9 Å². The maximum atomic E-state index is 11.7. The number of benzene rings is 1. The Morgan fingerprint density at radius 1 is 1.56 bits per heavy atom. The number of halogens is 2. The molecule has 2 atom stereocenters. The van der Waals surface area contributed by atoms with Gasteiger partial charge >= 0.3 is 0 Å². The van der Waals surface area contributed by atoms with Gasteiger partial charge in [0.05, 0.1) is 6.04 Å². The minimum Gasteiger partial charge on any atom is -0.370 e. The Hall–Kier alpha value is -0.810. The standard InChI is InChI=1S/C12H17ClN2O2.ClH/c1-8(9-4-3-5-10(13)6-9)15-12(16)11(7-14)17-2;/h3-6,8,11H,7,14H2,1-2H3,(H,15,16);1H/t8-,11?;/m1./s1. The third-order valence-corrected chi connectivity index (χ3v) is 2.73. The zero-order valence-electron chi connectivity index (χ0n) is 10.4. The first-order valence-electron chi connectivity index (χ1n) is 5.37. The first-order valence-corrected chi connectivity index (χ1v) is 5.75. The van der Waals surface area contributed by atoms with Crippen molar-refractivity contribution in [1.29, 1.82) is 0 Å². The topological polar surface area (TPSA) is 64.3 Å². The molecule has 18 heavy (non-hydrogen) atoms. The smallest absolute Gasteiger partial charge is 0.250 e. The van der Waals surface area contributed by atoms with Gasteiger partial charge in [-0.2, -0.15) is 0 Å². The lowest BCUT2D eigenvalue weighted by molar-refractivity contribution is -0.131. The molecule has 1 unspecified atom stereocenters. The molecule has 3 N–H and O–H groups in total. The molecule has 0 saturated carbocycles. The van der Waals surface area contributed by atoms with Crippen LogP contribution in [0.15, 0.2) is 24.3 Å². The van der Waals surface area contributed by atoms with Gasteiger partial charge in [0, 0.05) is 18.7 Å². The fourth-order valence-corrected chi connectivity index (χ4v) is 1.67. The molecular weight excluding hydrogens is 275 g/mol. The summed E-state index contributed by atoms with van der Waals surface area (Å²) >= 11 is 5.89. The number of rotatable bonds is 5. The van der Waals surface area contributed by atoms with Crippen molar-refractivity contribution in [3.05, 3.63) is 34.9 Å². The number of nitrogens with two attached hydrogens (primary N) is 1. The SMILES string of the molecule is COC(CN)C(=O)N[C@H](C)c1cccc(Cl)c1.Cl. The van der Waals surface area contributed by atoms with Crippen molar-refractivity contribution < 1.29 is 9.53 Å². The minimum atomic E-state index is -0.614. The number of carbonyl (C=O) groups is 1. The highest BCUT2D eigenvalue weighted by molar-refractivity contribution is 6.30. The molecule has 4 nitrogen and oxygen atoms in total. The Morgan fingerprint density at radius 3 is 2.72 bits per heavy atom. The maximum absolute atomic E-state index is 11.7. The summed E-state index contributed by atoms with van der Waals surface area (Å²) in [4.78, 5) is 11.7. The van der Waals surface area contributed by atoms with Gasteiger partial charge in [0.2, 0.25) is 0 Å². The molecule has 0 aliphatic rings. The summed E-state index contributed by atoms with van der Waals surface area (Å²) in [5, 5.41) is 3.47. The monoisotopic (exact) mass is 292 g/mol. The second-order valence-corrected chi connectivity index (χ2v) is 4.18. The third kappa shape index (κ3) is 4.82. The fourth-order valence-electron chi connectivity index (χ4n) is 1.48. The first-order chi connectivity index (χ1) is 8.08. The van der Waals surface area contributed by atoms with E-state index in [9.17, 15) is 4.79 Å². The average molecular weight is 293 g/mol. The molecule has 1 rings (SSSR count). The van der Waals surface area contributed by atoms with Gasteiger partial charge in [0.1, 0.15) is 6.10 Å². The lowest BCUT2D eigenvalue weighted by atomic mass is 10.1. The van der Waals surface area contributed by atoms with E-state index in [0.717, 1.165) is 5.56 Å². The van der Waals surface area contributed by atoms with Gasteiger partial charge < -0.3 is 15.8 Å². The van der Waals surface area contributed by atoms with Crippen LogP contribution < -0.4 is 11.1 Å². The van der Waals surface area contributed by atoms with Crippen LogP contribution in [0.4, 0.5) is 0 Å². The quantitative estimate of drug-likeness (QED) is 0.871. The summed E-state index contributed by atoms with van der Waals surface area (Å²) in [6.07, 6.45) is -0.614. The third-order valence-electron chi connectivity index (χ3n) is 2.50. The summed E-state index contributed by atoms with van der Waals surface area (Å²) in [6, 6.07) is 7.22. The van der Waals surface area contributed by atoms with E-state index >= 15 is 0 Å². The largest absolute Gasteiger partial charge is 0.370 e. The number of methoxy groups -OCH3 is 1. The van der Waals surface area contributed by atoms with Crippen molar-refractivity contribution in [3.63, 3.8) is 0 Å². The van der Waals surface area contributed by atoms with Crippen LogP contribution in [-0.4, -0.2) is 25.7 Å². The van der Waals surface area contributed by atoms with Crippen molar-refractivity contribution in [1.82, 2.24) is 5.32 Å². The Morgan fingerprint density at radius 2 is 2.22 bits per heavy atom. The molecule has 0 heterocycles. The fraction of sp³-hybridized carbons (Fsp3) is 0.417. The molecule has 0 fully saturated rings. The Bertz CT molecular complexity index is 384. The van der Waals surface area contributed by atoms with Crippen LogP contribution in [0.5, 0.6) is 0 Å². The second-order valence-electron chi connectivity index (χ2n) is 3.75. The van der Waals surface area contributed by atoms with Gasteiger partial charge in [-0.25, -0.2) is 0 Å². The molecule has 1 amide bonds. The Balaban J connectivity index is 0.00000289. The molecule has 0 bridgehead atoms. The average Bonchev–Trinajstić information content (AvgIpc) is 2.30. The van der Waals surface area contributed by atoms with E-state index in [2.05, 4.69) is 5.32 Å². The molecule has 0 aliphatic carbocycles. The molecule has 0 aromatic heterocycles. The van der Waals surface area contributed by atoms with Crippen molar-refractivity contribution in [2.45, 2.75) is 19.1 Å². The second kappa shape index (κ2) is 8.32. The summed E-state index contributed by atoms with van der Waals surface area (Å²) < 4.78 is 4.96. The number of hydrogen-bond acceptors (Lipinski definition) is 3. The van der Waals surface area contributed by atoms with Gasteiger partial charge in [-0.05, 0) is 24.6 Å². The van der Waals surface area contributed by atoms with E-state index in [1.165, 1.54) is 7.11 Å². The van der Waals surface area contributed by atoms with Crippen molar-refractivity contribution in [3.8, 4) is 0 Å². The number of amides is 1. The van der Waals surface area contributed by atoms with Gasteiger partial charge in [0.25, 0.3) is 5.91 Å². The van der Waals surface area contributed by atoms with Gasteiger partial charge in [0.15, 0.2) is 0 Å². The maximum Gasteiger partial charge on any atom is 0.250 e. The van der Waals surface area contributed by atoms with E-state index in [0.29, 0.717) is 5.02 Å². The molecule has 6 heteroatoms. The molecule has 1 aromatic carbocycles. The van der Waals surface area contributed by atoms with E-state index in [-0.39, 0.29) is 30.9 Å². The minimum absolute atomic E-state index is 0. The molecule has 0 saturated heterocycles. The normalized spacial score (nSPS) is 13.3. The van der Waals surface area contributed by atoms with Crippen LogP contribution >= 0.6 is 24.0 Å². The highest BCUT2D eigenvalue weighted by Gasteiger charge is 2.18. The number of carbonyl (C=O) groups excluding carboxylic acids is 1. The van der Waals surface area contributed by atoms with Crippen LogP contribution in [0, 0.1) is 0 Å². The highest BCUT2D eigenvalue weighted by atomic mass is 35.5. The lowest BCUT2D eigenvalue weighted by Crippen LogP contribution is -2.41. The number of hydrogen-bond donors (Lipinski definition) is 2. The van der Waals surface area contributed by atoms with E-state index < -0.39 is 6.10 Å². The first kappa shape index (κ1) is 17.2. The highest BCUT2D eigenvalue weighted by Crippen LogP contribution is 2.17. The predicted molar refractivity (Wildman–Crippen MR) is 75.1 cm³/mol.